The van der Waals surface area contributed by atoms with Crippen LogP contribution in [0, 0.1) is 6.92 Å². The Balaban J connectivity index is 2.24. The molecule has 1 heterocycles. The molecule has 1 unspecified atom stereocenters. The van der Waals surface area contributed by atoms with Crippen molar-refractivity contribution in [3.8, 4) is 0 Å². The summed E-state index contributed by atoms with van der Waals surface area (Å²) in [5.74, 6) is 0. The maximum Gasteiger partial charge on any atom is 0.0455 e. The van der Waals surface area contributed by atoms with Crippen molar-refractivity contribution in [1.29, 1.82) is 0 Å². The fourth-order valence-electron chi connectivity index (χ4n) is 2.09. The molecular formula is C12H17ClN2. The van der Waals surface area contributed by atoms with Crippen molar-refractivity contribution in [2.45, 2.75) is 19.9 Å². The van der Waals surface area contributed by atoms with E-state index in [9.17, 15) is 0 Å². The minimum Gasteiger partial charge on any atom is -0.368 e. The minimum absolute atomic E-state index is 0.553. The fourth-order valence-corrected chi connectivity index (χ4v) is 2.26. The van der Waals surface area contributed by atoms with Crippen LogP contribution in [0.2, 0.25) is 5.02 Å². The Labute approximate surface area is 96.2 Å². The summed E-state index contributed by atoms with van der Waals surface area (Å²) >= 11 is 6.13. The summed E-state index contributed by atoms with van der Waals surface area (Å²) in [7, 11) is 0. The van der Waals surface area contributed by atoms with Crippen molar-refractivity contribution >= 4 is 17.3 Å². The Bertz CT molecular complexity index is 351. The number of rotatable bonds is 1. The van der Waals surface area contributed by atoms with Crippen LogP contribution in [0.1, 0.15) is 12.5 Å². The van der Waals surface area contributed by atoms with E-state index < -0.39 is 0 Å². The third-order valence-electron chi connectivity index (χ3n) is 2.95. The second-order valence-electron chi connectivity index (χ2n) is 4.19. The topological polar surface area (TPSA) is 15.3 Å². The quantitative estimate of drug-likeness (QED) is 0.789. The summed E-state index contributed by atoms with van der Waals surface area (Å²) in [5, 5.41) is 4.30. The molecule has 0 aromatic heterocycles. The molecule has 0 amide bonds. The van der Waals surface area contributed by atoms with E-state index >= 15 is 0 Å². The van der Waals surface area contributed by atoms with Gasteiger partial charge in [0.15, 0.2) is 0 Å². The van der Waals surface area contributed by atoms with E-state index in [0.29, 0.717) is 6.04 Å². The molecule has 0 spiro atoms. The Morgan fingerprint density at radius 3 is 3.00 bits per heavy atom. The molecular weight excluding hydrogens is 208 g/mol. The third kappa shape index (κ3) is 2.27. The number of benzene rings is 1. The standard InChI is InChI=1S/C12H17ClN2/c1-9-8-15(7-6-14-9)12-5-3-4-11(13)10(12)2/h3-5,9,14H,6-8H2,1-2H3. The average Bonchev–Trinajstić information content (AvgIpc) is 2.22. The maximum atomic E-state index is 6.13. The highest BCUT2D eigenvalue weighted by molar-refractivity contribution is 6.31. The average molecular weight is 225 g/mol. The fraction of sp³-hybridized carbons (Fsp3) is 0.500. The zero-order chi connectivity index (χ0) is 10.8. The molecule has 15 heavy (non-hydrogen) atoms. The molecule has 2 nitrogen and oxygen atoms in total. The van der Waals surface area contributed by atoms with Crippen LogP contribution < -0.4 is 10.2 Å². The normalized spacial score (nSPS) is 21.8. The zero-order valence-corrected chi connectivity index (χ0v) is 10.0. The highest BCUT2D eigenvalue weighted by Gasteiger charge is 2.17. The largest absolute Gasteiger partial charge is 0.368 e. The van der Waals surface area contributed by atoms with E-state index in [2.05, 4.69) is 30.1 Å². The Morgan fingerprint density at radius 1 is 1.47 bits per heavy atom. The summed E-state index contributed by atoms with van der Waals surface area (Å²) in [6, 6.07) is 6.68. The van der Waals surface area contributed by atoms with E-state index in [0.717, 1.165) is 24.7 Å². The molecule has 0 saturated carbocycles. The molecule has 1 atom stereocenters. The number of nitrogens with zero attached hydrogens (tertiary/aromatic N) is 1. The van der Waals surface area contributed by atoms with Crippen LogP contribution in [0.5, 0.6) is 0 Å². The van der Waals surface area contributed by atoms with Gasteiger partial charge in [-0.15, -0.1) is 0 Å². The minimum atomic E-state index is 0.553. The van der Waals surface area contributed by atoms with Crippen LogP contribution in [0.4, 0.5) is 5.69 Å². The lowest BCUT2D eigenvalue weighted by molar-refractivity contribution is 0.484. The monoisotopic (exact) mass is 224 g/mol. The van der Waals surface area contributed by atoms with E-state index in [1.165, 1.54) is 11.3 Å². The summed E-state index contributed by atoms with van der Waals surface area (Å²) < 4.78 is 0. The summed E-state index contributed by atoms with van der Waals surface area (Å²) in [5.41, 5.74) is 2.46. The van der Waals surface area contributed by atoms with Crippen molar-refractivity contribution in [2.75, 3.05) is 24.5 Å². The lowest BCUT2D eigenvalue weighted by atomic mass is 10.1. The number of hydrogen-bond donors (Lipinski definition) is 1. The van der Waals surface area contributed by atoms with Gasteiger partial charge in [-0.05, 0) is 31.5 Å². The smallest absolute Gasteiger partial charge is 0.0455 e. The number of piperazine rings is 1. The molecule has 1 fully saturated rings. The van der Waals surface area contributed by atoms with Gasteiger partial charge in [0.05, 0.1) is 0 Å². The van der Waals surface area contributed by atoms with Crippen molar-refractivity contribution in [3.05, 3.63) is 28.8 Å². The lowest BCUT2D eigenvalue weighted by Crippen LogP contribution is -2.49. The molecule has 1 saturated heterocycles. The molecule has 1 aromatic rings. The van der Waals surface area contributed by atoms with Gasteiger partial charge in [0.25, 0.3) is 0 Å². The van der Waals surface area contributed by atoms with Crippen LogP contribution in [0.3, 0.4) is 0 Å². The molecule has 1 N–H and O–H groups in total. The third-order valence-corrected chi connectivity index (χ3v) is 3.36. The van der Waals surface area contributed by atoms with Crippen molar-refractivity contribution in [3.63, 3.8) is 0 Å². The summed E-state index contributed by atoms with van der Waals surface area (Å²) in [4.78, 5) is 2.41. The van der Waals surface area contributed by atoms with Gasteiger partial charge < -0.3 is 10.2 Å². The lowest BCUT2D eigenvalue weighted by Gasteiger charge is -2.34. The number of hydrogen-bond acceptors (Lipinski definition) is 2. The molecule has 1 aliphatic rings. The van der Waals surface area contributed by atoms with Gasteiger partial charge in [-0.3, -0.25) is 0 Å². The van der Waals surface area contributed by atoms with Crippen LogP contribution >= 0.6 is 11.6 Å². The second kappa shape index (κ2) is 4.42. The first-order valence-electron chi connectivity index (χ1n) is 5.42. The van der Waals surface area contributed by atoms with Gasteiger partial charge in [-0.1, -0.05) is 17.7 Å². The van der Waals surface area contributed by atoms with Gasteiger partial charge in [0.2, 0.25) is 0 Å². The highest BCUT2D eigenvalue weighted by atomic mass is 35.5. The molecule has 1 aromatic carbocycles. The molecule has 0 bridgehead atoms. The zero-order valence-electron chi connectivity index (χ0n) is 9.26. The van der Waals surface area contributed by atoms with Gasteiger partial charge in [-0.2, -0.15) is 0 Å². The Hall–Kier alpha value is -0.730. The number of nitrogens with one attached hydrogen (secondary N) is 1. The first kappa shape index (κ1) is 10.8. The van der Waals surface area contributed by atoms with Crippen LogP contribution in [-0.4, -0.2) is 25.7 Å². The maximum absolute atomic E-state index is 6.13. The molecule has 0 radical (unpaired) electrons. The number of anilines is 1. The van der Waals surface area contributed by atoms with Crippen LogP contribution in [0.25, 0.3) is 0 Å². The SMILES string of the molecule is Cc1c(Cl)cccc1N1CCNC(C)C1. The predicted molar refractivity (Wildman–Crippen MR) is 65.9 cm³/mol. The van der Waals surface area contributed by atoms with Crippen molar-refractivity contribution < 1.29 is 0 Å². The molecule has 3 heteroatoms. The van der Waals surface area contributed by atoms with E-state index in [1.54, 1.807) is 0 Å². The predicted octanol–water partition coefficient (Wildman–Crippen LogP) is 2.45. The molecule has 0 aliphatic carbocycles. The van der Waals surface area contributed by atoms with E-state index in [-0.39, 0.29) is 0 Å². The molecule has 82 valence electrons. The van der Waals surface area contributed by atoms with Gasteiger partial charge in [0, 0.05) is 36.4 Å². The van der Waals surface area contributed by atoms with Crippen LogP contribution in [0.15, 0.2) is 18.2 Å². The highest BCUT2D eigenvalue weighted by Crippen LogP contribution is 2.26. The first-order chi connectivity index (χ1) is 7.18. The Morgan fingerprint density at radius 2 is 2.27 bits per heavy atom. The van der Waals surface area contributed by atoms with Crippen molar-refractivity contribution in [2.24, 2.45) is 0 Å². The summed E-state index contributed by atoms with van der Waals surface area (Å²) in [6.07, 6.45) is 0. The van der Waals surface area contributed by atoms with Crippen molar-refractivity contribution in [1.82, 2.24) is 5.32 Å². The van der Waals surface area contributed by atoms with Crippen LogP contribution in [-0.2, 0) is 0 Å². The first-order valence-corrected chi connectivity index (χ1v) is 5.79. The van der Waals surface area contributed by atoms with Gasteiger partial charge in [-0.25, -0.2) is 0 Å². The van der Waals surface area contributed by atoms with E-state index in [4.69, 9.17) is 11.6 Å². The number of halogens is 1. The van der Waals surface area contributed by atoms with Gasteiger partial charge >= 0.3 is 0 Å². The van der Waals surface area contributed by atoms with Gasteiger partial charge in [0.1, 0.15) is 0 Å². The summed E-state index contributed by atoms with van der Waals surface area (Å²) in [6.45, 7) is 7.47. The molecule has 2 rings (SSSR count). The van der Waals surface area contributed by atoms with E-state index in [1.807, 2.05) is 12.1 Å². The second-order valence-corrected chi connectivity index (χ2v) is 4.59. The molecule has 1 aliphatic heterocycles. The Kier molecular flexibility index (Phi) is 3.17.